The number of imide groups is 1. The van der Waals surface area contributed by atoms with E-state index in [4.69, 9.17) is 4.98 Å². The number of hydrogen-bond acceptors (Lipinski definition) is 4. The Kier molecular flexibility index (Phi) is 6.84. The Labute approximate surface area is 166 Å². The van der Waals surface area contributed by atoms with Crippen molar-refractivity contribution in [3.63, 3.8) is 0 Å². The van der Waals surface area contributed by atoms with Gasteiger partial charge in [-0.15, -0.1) is 0 Å². The molecule has 1 unspecified atom stereocenters. The van der Waals surface area contributed by atoms with Crippen molar-refractivity contribution in [1.82, 2.24) is 20.2 Å². The molecular weight excluding hydrogens is 360 g/mol. The summed E-state index contributed by atoms with van der Waals surface area (Å²) in [4.78, 5) is 29.3. The zero-order valence-corrected chi connectivity index (χ0v) is 17.5. The zero-order valence-electron chi connectivity index (χ0n) is 16.7. The highest BCUT2D eigenvalue weighted by Gasteiger charge is 2.26. The maximum absolute atomic E-state index is 12.5. The molecule has 6 nitrogen and oxygen atoms in total. The lowest BCUT2D eigenvalue weighted by Crippen LogP contribution is -2.47. The van der Waals surface area contributed by atoms with E-state index in [1.165, 1.54) is 49.6 Å². The number of nitrogens with zero attached hydrogens (tertiary/aromatic N) is 2. The molecule has 2 fully saturated rings. The van der Waals surface area contributed by atoms with E-state index in [0.29, 0.717) is 6.04 Å². The van der Waals surface area contributed by atoms with Crippen LogP contribution in [0.3, 0.4) is 0 Å². The van der Waals surface area contributed by atoms with Crippen molar-refractivity contribution < 1.29 is 9.59 Å². The average molecular weight is 393 g/mol. The molecule has 1 atom stereocenters. The van der Waals surface area contributed by atoms with Crippen LogP contribution in [0.1, 0.15) is 82.1 Å². The van der Waals surface area contributed by atoms with E-state index in [9.17, 15) is 9.59 Å². The fourth-order valence-electron chi connectivity index (χ4n) is 4.17. The van der Waals surface area contributed by atoms with Gasteiger partial charge in [0.15, 0.2) is 5.16 Å². The lowest BCUT2D eigenvalue weighted by molar-refractivity contribution is -0.119. The Morgan fingerprint density at radius 3 is 2.37 bits per heavy atom. The number of urea groups is 1. The van der Waals surface area contributed by atoms with Crippen LogP contribution < -0.4 is 10.6 Å². The second-order valence-electron chi connectivity index (χ2n) is 7.93. The maximum atomic E-state index is 12.5. The minimum absolute atomic E-state index is 0.195. The zero-order chi connectivity index (χ0) is 19.4. The number of hydrogen-bond donors (Lipinski definition) is 2. The van der Waals surface area contributed by atoms with Gasteiger partial charge >= 0.3 is 6.03 Å². The Hall–Kier alpha value is -1.50. The summed E-state index contributed by atoms with van der Waals surface area (Å²) in [6.07, 6.45) is 10.4. The number of carbonyl (C=O) groups excluding carboxylic acids is 2. The second kappa shape index (κ2) is 9.13. The number of aromatic nitrogens is 2. The normalized spacial score (nSPS) is 19.8. The van der Waals surface area contributed by atoms with Gasteiger partial charge in [0.2, 0.25) is 5.91 Å². The fourth-order valence-corrected chi connectivity index (χ4v) is 5.24. The quantitative estimate of drug-likeness (QED) is 0.734. The molecular formula is C20H32N4O2S. The van der Waals surface area contributed by atoms with Crippen LogP contribution in [0.15, 0.2) is 5.16 Å². The summed E-state index contributed by atoms with van der Waals surface area (Å²) < 4.78 is 2.30. The van der Waals surface area contributed by atoms with E-state index in [-0.39, 0.29) is 23.2 Å². The largest absolute Gasteiger partial charge is 0.335 e. The summed E-state index contributed by atoms with van der Waals surface area (Å²) in [7, 11) is 0. The van der Waals surface area contributed by atoms with Crippen molar-refractivity contribution in [3.05, 3.63) is 11.4 Å². The highest BCUT2D eigenvalue weighted by Crippen LogP contribution is 2.36. The van der Waals surface area contributed by atoms with Crippen LogP contribution in [-0.2, 0) is 4.79 Å². The first-order valence-corrected chi connectivity index (χ1v) is 11.2. The third-order valence-electron chi connectivity index (χ3n) is 5.87. The van der Waals surface area contributed by atoms with Gasteiger partial charge in [-0.1, -0.05) is 43.9 Å². The smallest absolute Gasteiger partial charge is 0.321 e. The highest BCUT2D eigenvalue weighted by molar-refractivity contribution is 8.00. The van der Waals surface area contributed by atoms with Crippen molar-refractivity contribution >= 4 is 23.7 Å². The minimum Gasteiger partial charge on any atom is -0.335 e. The van der Waals surface area contributed by atoms with Gasteiger partial charge in [0.1, 0.15) is 0 Å². The molecule has 3 rings (SSSR count). The molecule has 1 heterocycles. The van der Waals surface area contributed by atoms with Crippen LogP contribution in [0, 0.1) is 13.8 Å². The van der Waals surface area contributed by atoms with Gasteiger partial charge in [0.05, 0.1) is 10.9 Å². The number of amides is 3. The van der Waals surface area contributed by atoms with Crippen molar-refractivity contribution in [3.8, 4) is 0 Å². The van der Waals surface area contributed by atoms with Crippen LogP contribution >= 0.6 is 11.8 Å². The topological polar surface area (TPSA) is 76.0 Å². The standard InChI is InChI=1S/C20H32N4O2S/c1-13-14(2)24(17-11-7-8-12-17)20(21-13)27-15(3)18(25)23-19(26)22-16-9-5-4-6-10-16/h15-17H,4-12H2,1-3H3,(H2,22,23,25,26). The van der Waals surface area contributed by atoms with Gasteiger partial charge in [-0.3, -0.25) is 10.1 Å². The summed E-state index contributed by atoms with van der Waals surface area (Å²) in [5.41, 5.74) is 2.21. The van der Waals surface area contributed by atoms with E-state index in [1.54, 1.807) is 0 Å². The van der Waals surface area contributed by atoms with Gasteiger partial charge in [0, 0.05) is 17.8 Å². The Morgan fingerprint density at radius 2 is 1.70 bits per heavy atom. The van der Waals surface area contributed by atoms with Gasteiger partial charge < -0.3 is 9.88 Å². The maximum Gasteiger partial charge on any atom is 0.321 e. The Morgan fingerprint density at radius 1 is 1.07 bits per heavy atom. The van der Waals surface area contributed by atoms with Crippen molar-refractivity contribution in [2.75, 3.05) is 0 Å². The summed E-state index contributed by atoms with van der Waals surface area (Å²) in [5, 5.41) is 5.97. The molecule has 2 saturated carbocycles. The Balaban J connectivity index is 1.58. The predicted octanol–water partition coefficient (Wildman–Crippen LogP) is 4.25. The first kappa shape index (κ1) is 20.2. The van der Waals surface area contributed by atoms with Crippen molar-refractivity contribution in [1.29, 1.82) is 0 Å². The van der Waals surface area contributed by atoms with Crippen LogP contribution in [0.5, 0.6) is 0 Å². The summed E-state index contributed by atoms with van der Waals surface area (Å²) >= 11 is 1.45. The molecule has 3 amide bonds. The van der Waals surface area contributed by atoms with E-state index in [1.807, 2.05) is 13.8 Å². The molecule has 2 aliphatic carbocycles. The van der Waals surface area contributed by atoms with Crippen molar-refractivity contribution in [2.45, 2.75) is 101 Å². The number of nitrogens with one attached hydrogen (secondary N) is 2. The number of rotatable bonds is 5. The molecule has 0 aliphatic heterocycles. The van der Waals surface area contributed by atoms with Crippen LogP contribution in [0.4, 0.5) is 4.79 Å². The van der Waals surface area contributed by atoms with E-state index in [0.717, 1.165) is 36.5 Å². The van der Waals surface area contributed by atoms with Crippen molar-refractivity contribution in [2.24, 2.45) is 0 Å². The monoisotopic (exact) mass is 392 g/mol. The third kappa shape index (κ3) is 5.06. The lowest BCUT2D eigenvalue weighted by Gasteiger charge is -2.23. The molecule has 27 heavy (non-hydrogen) atoms. The molecule has 1 aromatic heterocycles. The fraction of sp³-hybridized carbons (Fsp3) is 0.750. The SMILES string of the molecule is Cc1nc(SC(C)C(=O)NC(=O)NC2CCCCC2)n(C2CCCC2)c1C. The molecule has 150 valence electrons. The van der Waals surface area contributed by atoms with Crippen LogP contribution in [0.2, 0.25) is 0 Å². The van der Waals surface area contributed by atoms with E-state index < -0.39 is 0 Å². The molecule has 0 spiro atoms. The number of carbonyl (C=O) groups is 2. The number of thioether (sulfide) groups is 1. The summed E-state index contributed by atoms with van der Waals surface area (Å²) in [5.74, 6) is -0.260. The molecule has 0 bridgehead atoms. The summed E-state index contributed by atoms with van der Waals surface area (Å²) in [6, 6.07) is 0.311. The highest BCUT2D eigenvalue weighted by atomic mass is 32.2. The van der Waals surface area contributed by atoms with E-state index >= 15 is 0 Å². The first-order valence-electron chi connectivity index (χ1n) is 10.3. The molecule has 0 saturated heterocycles. The third-order valence-corrected chi connectivity index (χ3v) is 6.94. The molecule has 1 aromatic rings. The predicted molar refractivity (Wildman–Crippen MR) is 108 cm³/mol. The van der Waals surface area contributed by atoms with Gasteiger partial charge in [-0.25, -0.2) is 9.78 Å². The first-order chi connectivity index (χ1) is 13.0. The van der Waals surface area contributed by atoms with E-state index in [2.05, 4.69) is 22.1 Å². The summed E-state index contributed by atoms with van der Waals surface area (Å²) in [6.45, 7) is 5.96. The van der Waals surface area contributed by atoms with Gasteiger partial charge in [-0.2, -0.15) is 0 Å². The minimum atomic E-state index is -0.372. The molecule has 2 aliphatic rings. The average Bonchev–Trinajstić information content (AvgIpc) is 3.24. The number of aryl methyl sites for hydroxylation is 1. The number of imidazole rings is 1. The Bertz CT molecular complexity index is 676. The molecule has 0 aromatic carbocycles. The molecule has 7 heteroatoms. The van der Waals surface area contributed by atoms with Crippen LogP contribution in [0.25, 0.3) is 0 Å². The van der Waals surface area contributed by atoms with Gasteiger partial charge in [-0.05, 0) is 46.5 Å². The molecule has 0 radical (unpaired) electrons. The van der Waals surface area contributed by atoms with Crippen LogP contribution in [-0.4, -0.2) is 32.8 Å². The van der Waals surface area contributed by atoms with Gasteiger partial charge in [0.25, 0.3) is 0 Å². The lowest BCUT2D eigenvalue weighted by atomic mass is 9.96. The molecule has 2 N–H and O–H groups in total. The second-order valence-corrected chi connectivity index (χ2v) is 9.24.